The summed E-state index contributed by atoms with van der Waals surface area (Å²) in [7, 11) is 3.23. The van der Waals surface area contributed by atoms with E-state index in [2.05, 4.69) is 15.8 Å². The van der Waals surface area contributed by atoms with Crippen LogP contribution in [0.25, 0.3) is 11.5 Å². The summed E-state index contributed by atoms with van der Waals surface area (Å²) in [5.41, 5.74) is 9.99. The maximum atomic E-state index is 5.94. The third kappa shape index (κ3) is 5.64. The van der Waals surface area contributed by atoms with Gasteiger partial charge in [-0.3, -0.25) is 0 Å². The summed E-state index contributed by atoms with van der Waals surface area (Å²) in [4.78, 5) is 4.62. The molecule has 1 heterocycles. The van der Waals surface area contributed by atoms with E-state index in [1.54, 1.807) is 14.2 Å². The molecular formula is C26H27N3O4. The largest absolute Gasteiger partial charge is 0.497 e. The summed E-state index contributed by atoms with van der Waals surface area (Å²) in [6.45, 7) is 2.86. The van der Waals surface area contributed by atoms with Crippen LogP contribution >= 0.6 is 0 Å². The smallest absolute Gasteiger partial charge is 0.230 e. The molecule has 0 radical (unpaired) electrons. The zero-order chi connectivity index (χ0) is 23.0. The Morgan fingerprint density at radius 3 is 2.36 bits per heavy atom. The summed E-state index contributed by atoms with van der Waals surface area (Å²) in [5, 5.41) is 0. The first-order chi connectivity index (χ1) is 16.2. The van der Waals surface area contributed by atoms with Crippen molar-refractivity contribution in [1.29, 1.82) is 0 Å². The van der Waals surface area contributed by atoms with Gasteiger partial charge < -0.3 is 24.1 Å². The molecule has 0 unspecified atom stereocenters. The number of anilines is 1. The number of aromatic nitrogens is 1. The summed E-state index contributed by atoms with van der Waals surface area (Å²) in [5.74, 6) is 3.29. The van der Waals surface area contributed by atoms with Gasteiger partial charge in [0.15, 0.2) is 0 Å². The van der Waals surface area contributed by atoms with Crippen LogP contribution < -0.4 is 25.1 Å². The molecule has 0 aliphatic heterocycles. The van der Waals surface area contributed by atoms with E-state index < -0.39 is 0 Å². The fourth-order valence-electron chi connectivity index (χ4n) is 3.28. The molecular weight excluding hydrogens is 418 g/mol. The van der Waals surface area contributed by atoms with Crippen LogP contribution in [0.15, 0.2) is 77.2 Å². The number of aryl methyl sites for hydroxylation is 1. The van der Waals surface area contributed by atoms with Gasteiger partial charge in [-0.15, -0.1) is 0 Å². The van der Waals surface area contributed by atoms with E-state index in [0.717, 1.165) is 28.3 Å². The van der Waals surface area contributed by atoms with E-state index in [4.69, 9.17) is 18.6 Å². The highest BCUT2D eigenvalue weighted by Gasteiger charge is 2.17. The van der Waals surface area contributed by atoms with Crippen molar-refractivity contribution in [3.05, 3.63) is 89.8 Å². The SMILES string of the molecule is COc1ccc(OC)c(-c2nc(COc3ccc(CNNc4ccccc4)cc3)c(C)o2)c1. The number of ether oxygens (including phenoxy) is 3. The van der Waals surface area contributed by atoms with E-state index in [9.17, 15) is 0 Å². The molecule has 0 saturated carbocycles. The molecule has 7 nitrogen and oxygen atoms in total. The number of nitrogens with zero attached hydrogens (tertiary/aromatic N) is 1. The molecule has 0 atom stereocenters. The third-order valence-electron chi connectivity index (χ3n) is 5.13. The molecule has 0 aliphatic rings. The number of hydrogen-bond acceptors (Lipinski definition) is 7. The Balaban J connectivity index is 1.35. The Morgan fingerprint density at radius 1 is 0.879 bits per heavy atom. The molecule has 0 aliphatic carbocycles. The fraction of sp³-hybridized carbons (Fsp3) is 0.192. The predicted molar refractivity (Wildman–Crippen MR) is 127 cm³/mol. The molecule has 4 aromatic rings. The monoisotopic (exact) mass is 445 g/mol. The molecule has 2 N–H and O–H groups in total. The van der Waals surface area contributed by atoms with Crippen LogP contribution in [0.3, 0.4) is 0 Å². The number of rotatable bonds is 10. The van der Waals surface area contributed by atoms with Gasteiger partial charge in [-0.25, -0.2) is 10.4 Å². The van der Waals surface area contributed by atoms with Gasteiger partial charge in [0.05, 0.1) is 19.8 Å². The van der Waals surface area contributed by atoms with Crippen LogP contribution in [0.5, 0.6) is 17.2 Å². The maximum Gasteiger partial charge on any atom is 0.230 e. The quantitative estimate of drug-likeness (QED) is 0.318. The van der Waals surface area contributed by atoms with Crippen molar-refractivity contribution in [2.45, 2.75) is 20.1 Å². The van der Waals surface area contributed by atoms with E-state index in [0.29, 0.717) is 36.3 Å². The van der Waals surface area contributed by atoms with Gasteiger partial charge in [0, 0.05) is 12.2 Å². The standard InChI is InChI=1S/C26H27N3O4/c1-18-24(28-26(33-18)23-15-22(30-2)13-14-25(23)31-3)17-32-21-11-9-19(10-12-21)16-27-29-20-7-5-4-6-8-20/h4-15,27,29H,16-17H2,1-3H3. The van der Waals surface area contributed by atoms with Gasteiger partial charge in [0.2, 0.25) is 5.89 Å². The second kappa shape index (κ2) is 10.6. The van der Waals surface area contributed by atoms with Crippen LogP contribution in [-0.4, -0.2) is 19.2 Å². The van der Waals surface area contributed by atoms with Crippen molar-refractivity contribution < 1.29 is 18.6 Å². The molecule has 1 aromatic heterocycles. The Morgan fingerprint density at radius 2 is 1.64 bits per heavy atom. The van der Waals surface area contributed by atoms with Crippen molar-refractivity contribution in [1.82, 2.24) is 10.4 Å². The van der Waals surface area contributed by atoms with Gasteiger partial charge >= 0.3 is 0 Å². The Hall–Kier alpha value is -3.97. The first kappa shape index (κ1) is 22.2. The lowest BCUT2D eigenvalue weighted by atomic mass is 10.2. The first-order valence-corrected chi connectivity index (χ1v) is 10.6. The van der Waals surface area contributed by atoms with Gasteiger partial charge in [-0.2, -0.15) is 0 Å². The van der Waals surface area contributed by atoms with Crippen molar-refractivity contribution in [3.63, 3.8) is 0 Å². The highest BCUT2D eigenvalue weighted by Crippen LogP contribution is 2.34. The van der Waals surface area contributed by atoms with Crippen LogP contribution in [-0.2, 0) is 13.2 Å². The lowest BCUT2D eigenvalue weighted by molar-refractivity contribution is 0.299. The zero-order valence-electron chi connectivity index (χ0n) is 18.9. The normalized spacial score (nSPS) is 10.6. The van der Waals surface area contributed by atoms with E-state index in [1.807, 2.05) is 79.7 Å². The topological polar surface area (TPSA) is 77.8 Å². The number of benzene rings is 3. The van der Waals surface area contributed by atoms with Crippen molar-refractivity contribution in [2.24, 2.45) is 0 Å². The van der Waals surface area contributed by atoms with Crippen LogP contribution in [0.1, 0.15) is 17.0 Å². The Labute approximate surface area is 193 Å². The number of hydrazine groups is 1. The maximum absolute atomic E-state index is 5.94. The van der Waals surface area contributed by atoms with E-state index in [1.165, 1.54) is 0 Å². The molecule has 0 saturated heterocycles. The summed E-state index contributed by atoms with van der Waals surface area (Å²) < 4.78 is 22.6. The average molecular weight is 446 g/mol. The molecule has 0 fully saturated rings. The molecule has 170 valence electrons. The number of nitrogens with one attached hydrogen (secondary N) is 2. The number of oxazole rings is 1. The lowest BCUT2D eigenvalue weighted by Crippen LogP contribution is -2.20. The highest BCUT2D eigenvalue weighted by atomic mass is 16.5. The molecule has 0 bridgehead atoms. The Bertz CT molecular complexity index is 1170. The molecule has 4 rings (SSSR count). The molecule has 0 amide bonds. The number of methoxy groups -OCH3 is 2. The minimum Gasteiger partial charge on any atom is -0.497 e. The second-order valence-corrected chi connectivity index (χ2v) is 7.37. The Kier molecular flexibility index (Phi) is 7.12. The van der Waals surface area contributed by atoms with Crippen LogP contribution in [0.4, 0.5) is 5.69 Å². The van der Waals surface area contributed by atoms with Gasteiger partial charge in [-0.1, -0.05) is 30.3 Å². The number of hydrogen-bond donors (Lipinski definition) is 2. The van der Waals surface area contributed by atoms with Gasteiger partial charge in [0.25, 0.3) is 0 Å². The molecule has 33 heavy (non-hydrogen) atoms. The lowest BCUT2D eigenvalue weighted by Gasteiger charge is -2.09. The van der Waals surface area contributed by atoms with Crippen molar-refractivity contribution in [3.8, 4) is 28.7 Å². The minimum absolute atomic E-state index is 0.300. The first-order valence-electron chi connectivity index (χ1n) is 10.6. The molecule has 7 heteroatoms. The van der Waals surface area contributed by atoms with E-state index in [-0.39, 0.29) is 0 Å². The predicted octanol–water partition coefficient (Wildman–Crippen LogP) is 5.36. The number of para-hydroxylation sites is 1. The van der Waals surface area contributed by atoms with Crippen molar-refractivity contribution in [2.75, 3.05) is 19.6 Å². The van der Waals surface area contributed by atoms with E-state index >= 15 is 0 Å². The van der Waals surface area contributed by atoms with Crippen LogP contribution in [0.2, 0.25) is 0 Å². The van der Waals surface area contributed by atoms with Crippen molar-refractivity contribution >= 4 is 5.69 Å². The summed E-state index contributed by atoms with van der Waals surface area (Å²) in [6, 6.07) is 23.4. The van der Waals surface area contributed by atoms with Gasteiger partial charge in [-0.05, 0) is 55.0 Å². The fourth-order valence-corrected chi connectivity index (χ4v) is 3.28. The summed E-state index contributed by atoms with van der Waals surface area (Å²) >= 11 is 0. The molecule has 3 aromatic carbocycles. The average Bonchev–Trinajstić information content (AvgIpc) is 3.24. The minimum atomic E-state index is 0.300. The third-order valence-corrected chi connectivity index (χ3v) is 5.13. The molecule has 0 spiro atoms. The van der Waals surface area contributed by atoms with Crippen LogP contribution in [0, 0.1) is 6.92 Å². The highest BCUT2D eigenvalue weighted by molar-refractivity contribution is 5.65. The van der Waals surface area contributed by atoms with Gasteiger partial charge in [0.1, 0.15) is 35.3 Å². The second-order valence-electron chi connectivity index (χ2n) is 7.37. The summed E-state index contributed by atoms with van der Waals surface area (Å²) in [6.07, 6.45) is 0. The zero-order valence-corrected chi connectivity index (χ0v) is 18.9.